The molecule has 0 spiro atoms. The van der Waals surface area contributed by atoms with Crippen molar-refractivity contribution in [2.45, 2.75) is 13.5 Å². The van der Waals surface area contributed by atoms with E-state index in [0.29, 0.717) is 10.8 Å². The van der Waals surface area contributed by atoms with Gasteiger partial charge < -0.3 is 13.6 Å². The van der Waals surface area contributed by atoms with Crippen LogP contribution < -0.4 is 0 Å². The van der Waals surface area contributed by atoms with Crippen molar-refractivity contribution < 1.29 is 18.4 Å². The number of aromatic nitrogens is 2. The van der Waals surface area contributed by atoms with Gasteiger partial charge in [0.1, 0.15) is 0 Å². The van der Waals surface area contributed by atoms with E-state index in [0.717, 1.165) is 11.1 Å². The Bertz CT molecular complexity index is 869. The van der Waals surface area contributed by atoms with E-state index in [1.807, 2.05) is 19.1 Å². The summed E-state index contributed by atoms with van der Waals surface area (Å²) in [5.41, 5.74) is 1.78. The van der Waals surface area contributed by atoms with Crippen molar-refractivity contribution in [3.8, 4) is 11.7 Å². The zero-order valence-electron chi connectivity index (χ0n) is 12.7. The third-order valence-corrected chi connectivity index (χ3v) is 3.55. The van der Waals surface area contributed by atoms with E-state index in [4.69, 9.17) is 25.2 Å². The van der Waals surface area contributed by atoms with Crippen LogP contribution in [0, 0.1) is 6.92 Å². The molecule has 0 bridgehead atoms. The number of aryl methyl sites for hydroxylation is 1. The first kappa shape index (κ1) is 16.0. The summed E-state index contributed by atoms with van der Waals surface area (Å²) in [6.45, 7) is 1.79. The average molecular weight is 345 g/mol. The number of benzene rings is 1. The molecule has 0 aliphatic carbocycles. The van der Waals surface area contributed by atoms with Gasteiger partial charge in [-0.1, -0.05) is 23.7 Å². The van der Waals surface area contributed by atoms with Gasteiger partial charge in [0.25, 0.3) is 11.8 Å². The minimum absolute atomic E-state index is 0.120. The van der Waals surface area contributed by atoms with Crippen LogP contribution in [0.2, 0.25) is 5.02 Å². The second-order valence-electron chi connectivity index (χ2n) is 4.93. The largest absolute Gasteiger partial charge is 0.459 e. The van der Waals surface area contributed by atoms with Crippen LogP contribution in [0.4, 0.5) is 0 Å². The summed E-state index contributed by atoms with van der Waals surface area (Å²) in [5, 5.41) is 8.24. The lowest BCUT2D eigenvalue weighted by Gasteiger charge is -1.99. The fourth-order valence-corrected chi connectivity index (χ4v) is 2.06. The van der Waals surface area contributed by atoms with Gasteiger partial charge in [0.15, 0.2) is 12.4 Å². The van der Waals surface area contributed by atoms with Crippen molar-refractivity contribution in [2.24, 2.45) is 0 Å². The van der Waals surface area contributed by atoms with E-state index < -0.39 is 5.97 Å². The number of carbonyl (C=O) groups is 1. The maximum atomic E-state index is 11.7. The number of hydrogen-bond donors (Lipinski definition) is 0. The molecule has 0 amide bonds. The zero-order chi connectivity index (χ0) is 16.9. The topological polar surface area (TPSA) is 78.4 Å². The Hall–Kier alpha value is -2.86. The number of halogens is 1. The lowest BCUT2D eigenvalue weighted by atomic mass is 10.1. The molecule has 3 rings (SSSR count). The zero-order valence-corrected chi connectivity index (χ0v) is 13.5. The molecule has 0 N–H and O–H groups in total. The second kappa shape index (κ2) is 7.14. The van der Waals surface area contributed by atoms with Crippen LogP contribution >= 0.6 is 11.6 Å². The molecule has 0 aliphatic heterocycles. The third kappa shape index (κ3) is 3.91. The molecule has 1 aromatic carbocycles. The number of ether oxygens (including phenoxy) is 1. The van der Waals surface area contributed by atoms with Crippen molar-refractivity contribution in [1.82, 2.24) is 10.2 Å². The molecule has 2 aromatic heterocycles. The Kier molecular flexibility index (Phi) is 4.77. The molecule has 0 radical (unpaired) electrons. The molecule has 122 valence electrons. The van der Waals surface area contributed by atoms with Crippen LogP contribution in [-0.4, -0.2) is 16.2 Å². The normalized spacial score (nSPS) is 11.1. The molecular formula is C17H13ClN2O4. The molecule has 6 nitrogen and oxygen atoms in total. The predicted molar refractivity (Wildman–Crippen MR) is 87.0 cm³/mol. The van der Waals surface area contributed by atoms with Gasteiger partial charge in [-0.3, -0.25) is 0 Å². The van der Waals surface area contributed by atoms with E-state index in [2.05, 4.69) is 10.2 Å². The predicted octanol–water partition coefficient (Wildman–Crippen LogP) is 4.05. The summed E-state index contributed by atoms with van der Waals surface area (Å²) in [4.78, 5) is 11.7. The van der Waals surface area contributed by atoms with Gasteiger partial charge in [0, 0.05) is 11.1 Å². The van der Waals surface area contributed by atoms with Crippen molar-refractivity contribution >= 4 is 23.6 Å². The second-order valence-corrected chi connectivity index (χ2v) is 5.34. The molecule has 0 unspecified atom stereocenters. The van der Waals surface area contributed by atoms with Gasteiger partial charge in [-0.05, 0) is 42.3 Å². The minimum Gasteiger partial charge on any atom is -0.459 e. The quantitative estimate of drug-likeness (QED) is 0.513. The highest BCUT2D eigenvalue weighted by atomic mass is 35.5. The molecule has 7 heteroatoms. The number of carbonyl (C=O) groups excluding carboxylic acids is 1. The van der Waals surface area contributed by atoms with Gasteiger partial charge >= 0.3 is 5.97 Å². The molecule has 3 aromatic rings. The third-order valence-electron chi connectivity index (χ3n) is 3.14. The van der Waals surface area contributed by atoms with Gasteiger partial charge in [-0.2, -0.15) is 0 Å². The number of rotatable bonds is 5. The van der Waals surface area contributed by atoms with Crippen LogP contribution in [-0.2, 0) is 16.1 Å². The van der Waals surface area contributed by atoms with Crippen LogP contribution in [0.25, 0.3) is 17.7 Å². The van der Waals surface area contributed by atoms with Crippen LogP contribution in [0.5, 0.6) is 0 Å². The van der Waals surface area contributed by atoms with E-state index in [1.165, 1.54) is 12.3 Å². The molecule has 0 atom stereocenters. The Balaban J connectivity index is 1.55. The summed E-state index contributed by atoms with van der Waals surface area (Å²) >= 11 is 6.03. The van der Waals surface area contributed by atoms with Crippen molar-refractivity contribution in [1.29, 1.82) is 0 Å². The van der Waals surface area contributed by atoms with E-state index in [-0.39, 0.29) is 18.4 Å². The van der Waals surface area contributed by atoms with Gasteiger partial charge in [-0.25, -0.2) is 4.79 Å². The van der Waals surface area contributed by atoms with Gasteiger partial charge in [0.2, 0.25) is 0 Å². The molecule has 24 heavy (non-hydrogen) atoms. The minimum atomic E-state index is -0.524. The Morgan fingerprint density at radius 3 is 2.96 bits per heavy atom. The smallest absolute Gasteiger partial charge is 0.331 e. The fourth-order valence-electron chi connectivity index (χ4n) is 1.87. The monoisotopic (exact) mass is 344 g/mol. The highest BCUT2D eigenvalue weighted by Gasteiger charge is 2.11. The van der Waals surface area contributed by atoms with Crippen molar-refractivity contribution in [2.75, 3.05) is 0 Å². The maximum Gasteiger partial charge on any atom is 0.331 e. The Morgan fingerprint density at radius 2 is 2.21 bits per heavy atom. The summed E-state index contributed by atoms with van der Waals surface area (Å²) in [5.74, 6) is 0.345. The standard InChI is InChI=1S/C17H13ClN2O4/c1-11-4-5-12(9-13(11)18)6-7-16(21)23-10-15-19-20-17(24-15)14-3-2-8-22-14/h2-9H,10H2,1H3/b7-6+. The van der Waals surface area contributed by atoms with Gasteiger partial charge in [-0.15, -0.1) is 10.2 Å². The van der Waals surface area contributed by atoms with Crippen molar-refractivity contribution in [3.63, 3.8) is 0 Å². The summed E-state index contributed by atoms with van der Waals surface area (Å²) in [7, 11) is 0. The molecular weight excluding hydrogens is 332 g/mol. The van der Waals surface area contributed by atoms with E-state index in [9.17, 15) is 4.79 Å². The van der Waals surface area contributed by atoms with Crippen LogP contribution in [0.1, 0.15) is 17.0 Å². The lowest BCUT2D eigenvalue weighted by molar-refractivity contribution is -0.139. The molecule has 0 saturated carbocycles. The summed E-state index contributed by atoms with van der Waals surface area (Å²) in [6, 6.07) is 8.91. The van der Waals surface area contributed by atoms with E-state index >= 15 is 0 Å². The summed E-state index contributed by atoms with van der Waals surface area (Å²) in [6.07, 6.45) is 4.43. The van der Waals surface area contributed by atoms with E-state index in [1.54, 1.807) is 24.3 Å². The first-order chi connectivity index (χ1) is 11.6. The van der Waals surface area contributed by atoms with Gasteiger partial charge in [0.05, 0.1) is 6.26 Å². The van der Waals surface area contributed by atoms with Crippen molar-refractivity contribution in [3.05, 3.63) is 64.7 Å². The maximum absolute atomic E-state index is 11.7. The molecule has 0 saturated heterocycles. The number of esters is 1. The molecule has 0 fully saturated rings. The molecule has 2 heterocycles. The average Bonchev–Trinajstić information content (AvgIpc) is 3.25. The van der Waals surface area contributed by atoms with Crippen LogP contribution in [0.3, 0.4) is 0 Å². The first-order valence-corrected chi connectivity index (χ1v) is 7.47. The SMILES string of the molecule is Cc1ccc(/C=C/C(=O)OCc2nnc(-c3ccco3)o2)cc1Cl. The lowest BCUT2D eigenvalue weighted by Crippen LogP contribution is -2.00. The Labute approximate surface area is 142 Å². The number of hydrogen-bond acceptors (Lipinski definition) is 6. The summed E-state index contributed by atoms with van der Waals surface area (Å²) < 4.78 is 15.5. The fraction of sp³-hybridized carbons (Fsp3) is 0.118. The van der Waals surface area contributed by atoms with Crippen LogP contribution in [0.15, 0.2) is 51.5 Å². The Morgan fingerprint density at radius 1 is 1.33 bits per heavy atom. The molecule has 0 aliphatic rings. The number of furan rings is 1. The highest BCUT2D eigenvalue weighted by molar-refractivity contribution is 6.31. The first-order valence-electron chi connectivity index (χ1n) is 7.09. The highest BCUT2D eigenvalue weighted by Crippen LogP contribution is 2.19. The number of nitrogens with zero attached hydrogens (tertiary/aromatic N) is 2.